The maximum absolute atomic E-state index is 6.05. The van der Waals surface area contributed by atoms with Crippen LogP contribution in [0.2, 0.25) is 0 Å². The van der Waals surface area contributed by atoms with Crippen molar-refractivity contribution < 1.29 is 24.3 Å². The maximum Gasteiger partial charge on any atom is 0.161 e. The van der Waals surface area contributed by atoms with Crippen molar-refractivity contribution in [2.45, 2.75) is 50.7 Å². The van der Waals surface area contributed by atoms with Crippen LogP contribution in [0.15, 0.2) is 42.5 Å². The lowest BCUT2D eigenvalue weighted by Gasteiger charge is -2.45. The number of hydrogen-bond acceptors (Lipinski definition) is 4. The Bertz CT molecular complexity index is 818. The molecule has 0 spiro atoms. The van der Waals surface area contributed by atoms with Gasteiger partial charge >= 0.3 is 0 Å². The molecule has 164 valence electrons. The van der Waals surface area contributed by atoms with Crippen LogP contribution in [0, 0.1) is 0 Å². The summed E-state index contributed by atoms with van der Waals surface area (Å²) in [4.78, 5) is 0. The molecular formula is C25H36NO4+. The quantitative estimate of drug-likeness (QED) is 0.636. The number of quaternary nitrogens is 1. The average molecular weight is 415 g/mol. The Balaban J connectivity index is 1.68. The zero-order valence-corrected chi connectivity index (χ0v) is 19.0. The van der Waals surface area contributed by atoms with Crippen molar-refractivity contribution in [1.29, 1.82) is 0 Å². The van der Waals surface area contributed by atoms with E-state index >= 15 is 0 Å². The Morgan fingerprint density at radius 2 is 1.67 bits per heavy atom. The summed E-state index contributed by atoms with van der Waals surface area (Å²) in [5.41, 5.74) is 2.64. The van der Waals surface area contributed by atoms with Crippen molar-refractivity contribution >= 4 is 0 Å². The molecule has 0 aliphatic carbocycles. The Morgan fingerprint density at radius 1 is 0.933 bits per heavy atom. The van der Waals surface area contributed by atoms with Gasteiger partial charge in [-0.3, -0.25) is 0 Å². The average Bonchev–Trinajstić information content (AvgIpc) is 2.76. The predicted octanol–water partition coefficient (Wildman–Crippen LogP) is 3.69. The fraction of sp³-hybridized carbons (Fsp3) is 0.520. The molecule has 2 aromatic rings. The monoisotopic (exact) mass is 414 g/mol. The van der Waals surface area contributed by atoms with E-state index in [1.165, 1.54) is 11.1 Å². The molecule has 0 aromatic heterocycles. The summed E-state index contributed by atoms with van der Waals surface area (Å²) in [7, 11) is 5.06. The van der Waals surface area contributed by atoms with E-state index in [1.807, 2.05) is 6.07 Å². The number of nitrogens with two attached hydrogens (primary N) is 1. The van der Waals surface area contributed by atoms with Gasteiger partial charge < -0.3 is 24.3 Å². The smallest absolute Gasteiger partial charge is 0.161 e. The second-order valence-electron chi connectivity index (χ2n) is 8.76. The van der Waals surface area contributed by atoms with Crippen molar-refractivity contribution in [3.05, 3.63) is 53.6 Å². The van der Waals surface area contributed by atoms with Gasteiger partial charge in [-0.15, -0.1) is 0 Å². The molecule has 5 nitrogen and oxygen atoms in total. The van der Waals surface area contributed by atoms with Crippen LogP contribution in [0.5, 0.6) is 17.2 Å². The predicted molar refractivity (Wildman–Crippen MR) is 119 cm³/mol. The fourth-order valence-electron chi connectivity index (χ4n) is 4.68. The van der Waals surface area contributed by atoms with E-state index in [-0.39, 0.29) is 11.0 Å². The standard InChI is InChI=1S/C25H35NO4/c1-24(2)18-25(13-15-30-24,20-7-9-21(27-3)10-8-20)12-14-26-17-19-6-11-22(28-4)23(16-19)29-5/h6-11,16,26H,12-15,17-18H2,1-5H3/p+1. The van der Waals surface area contributed by atoms with Crippen LogP contribution >= 0.6 is 0 Å². The second-order valence-corrected chi connectivity index (χ2v) is 8.76. The van der Waals surface area contributed by atoms with Crippen LogP contribution in [0.3, 0.4) is 0 Å². The van der Waals surface area contributed by atoms with Crippen LogP contribution in [0.1, 0.15) is 44.2 Å². The lowest BCUT2D eigenvalue weighted by molar-refractivity contribution is -0.672. The molecule has 2 N–H and O–H groups in total. The van der Waals surface area contributed by atoms with Crippen molar-refractivity contribution in [2.75, 3.05) is 34.5 Å². The van der Waals surface area contributed by atoms with E-state index < -0.39 is 0 Å². The van der Waals surface area contributed by atoms with Crippen LogP contribution < -0.4 is 19.5 Å². The Morgan fingerprint density at radius 3 is 2.30 bits per heavy atom. The van der Waals surface area contributed by atoms with Crippen LogP contribution in [0.25, 0.3) is 0 Å². The highest BCUT2D eigenvalue weighted by Crippen LogP contribution is 2.44. The van der Waals surface area contributed by atoms with Crippen molar-refractivity contribution in [1.82, 2.24) is 0 Å². The number of rotatable bonds is 9. The Labute approximate surface area is 180 Å². The summed E-state index contributed by atoms with van der Waals surface area (Å²) in [6, 6.07) is 14.8. The highest BCUT2D eigenvalue weighted by atomic mass is 16.5. The van der Waals surface area contributed by atoms with E-state index in [2.05, 4.69) is 55.6 Å². The van der Waals surface area contributed by atoms with Gasteiger partial charge in [0.15, 0.2) is 11.5 Å². The number of methoxy groups -OCH3 is 3. The molecule has 0 radical (unpaired) electrons. The van der Waals surface area contributed by atoms with Gasteiger partial charge in [-0.1, -0.05) is 12.1 Å². The molecule has 1 unspecified atom stereocenters. The minimum Gasteiger partial charge on any atom is -0.497 e. The van der Waals surface area contributed by atoms with E-state index in [9.17, 15) is 0 Å². The molecule has 1 saturated heterocycles. The zero-order chi connectivity index (χ0) is 21.6. The summed E-state index contributed by atoms with van der Waals surface area (Å²) < 4.78 is 22.2. The van der Waals surface area contributed by atoms with Crippen LogP contribution in [0.4, 0.5) is 0 Å². The highest BCUT2D eigenvalue weighted by molar-refractivity contribution is 5.42. The maximum atomic E-state index is 6.05. The van der Waals surface area contributed by atoms with Crippen molar-refractivity contribution in [3.63, 3.8) is 0 Å². The molecule has 1 atom stereocenters. The van der Waals surface area contributed by atoms with Crippen molar-refractivity contribution in [2.24, 2.45) is 0 Å². The normalized spacial score (nSPS) is 20.6. The lowest BCUT2D eigenvalue weighted by Crippen LogP contribution is -2.83. The lowest BCUT2D eigenvalue weighted by atomic mass is 9.67. The molecule has 0 bridgehead atoms. The first-order valence-electron chi connectivity index (χ1n) is 10.7. The molecule has 5 heteroatoms. The third kappa shape index (κ3) is 5.27. The number of hydrogen-bond donors (Lipinski definition) is 1. The van der Waals surface area contributed by atoms with Gasteiger partial charge in [0.2, 0.25) is 0 Å². The first kappa shape index (κ1) is 22.4. The Kier molecular flexibility index (Phi) is 7.27. The summed E-state index contributed by atoms with van der Waals surface area (Å²) in [6.07, 6.45) is 3.18. The zero-order valence-electron chi connectivity index (χ0n) is 19.0. The molecule has 2 aromatic carbocycles. The van der Waals surface area contributed by atoms with Gasteiger partial charge in [0.05, 0.1) is 33.5 Å². The van der Waals surface area contributed by atoms with Gasteiger partial charge in [-0.05, 0) is 62.6 Å². The first-order valence-corrected chi connectivity index (χ1v) is 10.7. The third-order valence-electron chi connectivity index (χ3n) is 6.19. The first-order chi connectivity index (χ1) is 14.4. The van der Waals surface area contributed by atoms with E-state index in [1.54, 1.807) is 21.3 Å². The molecule has 1 aliphatic heterocycles. The minimum atomic E-state index is -0.110. The molecule has 0 amide bonds. The van der Waals surface area contributed by atoms with E-state index in [4.69, 9.17) is 18.9 Å². The van der Waals surface area contributed by atoms with Gasteiger partial charge in [-0.2, -0.15) is 0 Å². The number of ether oxygens (including phenoxy) is 4. The Hall–Kier alpha value is -2.24. The molecule has 1 fully saturated rings. The molecule has 0 saturated carbocycles. The van der Waals surface area contributed by atoms with Gasteiger partial charge in [-0.25, -0.2) is 0 Å². The molecule has 3 rings (SSSR count). The summed E-state index contributed by atoms with van der Waals surface area (Å²) in [5.74, 6) is 2.45. The van der Waals surface area contributed by atoms with Gasteiger partial charge in [0.25, 0.3) is 0 Å². The molecule has 30 heavy (non-hydrogen) atoms. The van der Waals surface area contributed by atoms with Crippen LogP contribution in [-0.4, -0.2) is 40.1 Å². The highest BCUT2D eigenvalue weighted by Gasteiger charge is 2.42. The summed E-state index contributed by atoms with van der Waals surface area (Å²) in [6.45, 7) is 7.18. The van der Waals surface area contributed by atoms with Gasteiger partial charge in [0, 0.05) is 24.0 Å². The molecule has 1 aliphatic rings. The fourth-order valence-corrected chi connectivity index (χ4v) is 4.68. The van der Waals surface area contributed by atoms with Gasteiger partial charge in [0.1, 0.15) is 12.3 Å². The van der Waals surface area contributed by atoms with E-state index in [0.29, 0.717) is 0 Å². The third-order valence-corrected chi connectivity index (χ3v) is 6.19. The van der Waals surface area contributed by atoms with E-state index in [0.717, 1.165) is 56.2 Å². The largest absolute Gasteiger partial charge is 0.497 e. The molecular weight excluding hydrogens is 378 g/mol. The summed E-state index contributed by atoms with van der Waals surface area (Å²) in [5, 5.41) is 2.38. The van der Waals surface area contributed by atoms with Crippen molar-refractivity contribution in [3.8, 4) is 17.2 Å². The molecule has 1 heterocycles. The number of benzene rings is 2. The van der Waals surface area contributed by atoms with Crippen LogP contribution in [-0.2, 0) is 16.7 Å². The second kappa shape index (κ2) is 9.71. The SMILES string of the molecule is COc1ccc(C2(CC[NH2+]Cc3ccc(OC)c(OC)c3)CCOC(C)(C)C2)cc1. The minimum absolute atomic E-state index is 0.110. The topological polar surface area (TPSA) is 53.5 Å². The summed E-state index contributed by atoms with van der Waals surface area (Å²) >= 11 is 0.